The SMILES string of the molecule is [2H]C([2H])([2H])N1CCc2cc(OC)c(OC)cc2[C@H]1Cc1ccc(OC)c(OC)c1. The van der Waals surface area contributed by atoms with Crippen molar-refractivity contribution in [2.45, 2.75) is 18.9 Å². The van der Waals surface area contributed by atoms with E-state index in [0.717, 1.165) is 16.7 Å². The molecule has 0 N–H and O–H groups in total. The molecular weight excluding hydrogens is 330 g/mol. The molecule has 0 unspecified atom stereocenters. The maximum atomic E-state index is 8.04. The summed E-state index contributed by atoms with van der Waals surface area (Å²) in [6.07, 6.45) is 1.15. The number of likely N-dealkylation sites (N-methyl/N-ethyl adjacent to an activating group) is 1. The Kier molecular flexibility index (Phi) is 4.46. The van der Waals surface area contributed by atoms with Crippen molar-refractivity contribution in [2.24, 2.45) is 0 Å². The van der Waals surface area contributed by atoms with E-state index in [1.165, 1.54) is 0 Å². The van der Waals surface area contributed by atoms with Crippen LogP contribution in [0.4, 0.5) is 0 Å². The molecule has 1 heterocycles. The molecule has 1 aliphatic heterocycles. The zero-order valence-electron chi connectivity index (χ0n) is 18.7. The lowest BCUT2D eigenvalue weighted by molar-refractivity contribution is 0.227. The normalized spacial score (nSPS) is 18.9. The predicted molar refractivity (Wildman–Crippen MR) is 102 cm³/mol. The number of methoxy groups -OCH3 is 4. The van der Waals surface area contributed by atoms with Gasteiger partial charge in [0.25, 0.3) is 0 Å². The lowest BCUT2D eigenvalue weighted by Crippen LogP contribution is -2.33. The first-order valence-corrected chi connectivity index (χ1v) is 8.54. The number of fused-ring (bicyclic) bond motifs is 1. The van der Waals surface area contributed by atoms with E-state index in [0.29, 0.717) is 42.4 Å². The number of hydrogen-bond donors (Lipinski definition) is 0. The monoisotopic (exact) mass is 360 g/mol. The second-order valence-corrected chi connectivity index (χ2v) is 6.26. The smallest absolute Gasteiger partial charge is 0.161 e. The fourth-order valence-corrected chi connectivity index (χ4v) is 3.48. The minimum Gasteiger partial charge on any atom is -0.493 e. The average molecular weight is 360 g/mol. The first-order chi connectivity index (χ1) is 13.8. The molecule has 5 heteroatoms. The minimum absolute atomic E-state index is 0.329. The van der Waals surface area contributed by atoms with Crippen molar-refractivity contribution < 1.29 is 23.1 Å². The largest absolute Gasteiger partial charge is 0.493 e. The topological polar surface area (TPSA) is 40.2 Å². The number of nitrogens with zero attached hydrogens (tertiary/aromatic N) is 1. The summed E-state index contributed by atoms with van der Waals surface area (Å²) in [6, 6.07) is 9.19. The van der Waals surface area contributed by atoms with E-state index in [9.17, 15) is 0 Å². The molecule has 2 aromatic rings. The first kappa shape index (κ1) is 14.7. The maximum Gasteiger partial charge on any atom is 0.161 e. The second-order valence-electron chi connectivity index (χ2n) is 6.26. The summed E-state index contributed by atoms with van der Waals surface area (Å²) in [7, 11) is 6.36. The standard InChI is InChI=1S/C21H27NO4/c1-22-9-8-15-12-20(25-4)21(26-5)13-16(15)17(22)10-14-6-7-18(23-2)19(11-14)24-3/h6-7,11-13,17H,8-10H2,1-5H3/t17-/m1/s1/i1D3. The summed E-state index contributed by atoms with van der Waals surface area (Å²) < 4.78 is 45.7. The van der Waals surface area contributed by atoms with Crippen LogP contribution in [-0.2, 0) is 12.8 Å². The van der Waals surface area contributed by atoms with Crippen molar-refractivity contribution in [3.05, 3.63) is 47.0 Å². The van der Waals surface area contributed by atoms with Gasteiger partial charge in [-0.3, -0.25) is 4.90 Å². The fourth-order valence-electron chi connectivity index (χ4n) is 3.48. The molecule has 26 heavy (non-hydrogen) atoms. The third-order valence-corrected chi connectivity index (χ3v) is 4.88. The van der Waals surface area contributed by atoms with Crippen molar-refractivity contribution >= 4 is 0 Å². The molecule has 0 aromatic heterocycles. The van der Waals surface area contributed by atoms with E-state index < -0.39 is 6.98 Å². The van der Waals surface area contributed by atoms with Crippen LogP contribution in [0.15, 0.2) is 30.3 Å². The highest BCUT2D eigenvalue weighted by Crippen LogP contribution is 2.39. The van der Waals surface area contributed by atoms with Gasteiger partial charge in [-0.2, -0.15) is 0 Å². The molecule has 1 atom stereocenters. The van der Waals surface area contributed by atoms with Crippen LogP contribution >= 0.6 is 0 Å². The van der Waals surface area contributed by atoms with Crippen LogP contribution in [0.2, 0.25) is 0 Å². The Morgan fingerprint density at radius 2 is 1.58 bits per heavy atom. The van der Waals surface area contributed by atoms with Crippen molar-refractivity contribution in [2.75, 3.05) is 42.0 Å². The summed E-state index contributed by atoms with van der Waals surface area (Å²) in [6.45, 7) is -1.76. The van der Waals surface area contributed by atoms with Crippen molar-refractivity contribution in [1.82, 2.24) is 4.90 Å². The predicted octanol–water partition coefficient (Wildman–Crippen LogP) is 3.49. The van der Waals surface area contributed by atoms with E-state index in [1.807, 2.05) is 30.3 Å². The third-order valence-electron chi connectivity index (χ3n) is 4.88. The summed E-state index contributed by atoms with van der Waals surface area (Å²) >= 11 is 0. The van der Waals surface area contributed by atoms with Gasteiger partial charge in [-0.05, 0) is 60.8 Å². The van der Waals surface area contributed by atoms with Crippen molar-refractivity contribution in [1.29, 1.82) is 0 Å². The molecule has 0 spiro atoms. The molecule has 0 saturated heterocycles. The summed E-state index contributed by atoms with van der Waals surface area (Å²) in [5, 5.41) is 0. The summed E-state index contributed by atoms with van der Waals surface area (Å²) in [5.74, 6) is 2.50. The van der Waals surface area contributed by atoms with E-state index >= 15 is 0 Å². The highest BCUT2D eigenvalue weighted by Gasteiger charge is 2.27. The van der Waals surface area contributed by atoms with Gasteiger partial charge in [0.2, 0.25) is 0 Å². The van der Waals surface area contributed by atoms with Crippen LogP contribution in [0.1, 0.15) is 26.8 Å². The van der Waals surface area contributed by atoms with Crippen LogP contribution < -0.4 is 18.9 Å². The highest BCUT2D eigenvalue weighted by molar-refractivity contribution is 5.50. The van der Waals surface area contributed by atoms with Crippen LogP contribution in [0.3, 0.4) is 0 Å². The summed E-state index contributed by atoms with van der Waals surface area (Å²) in [5.41, 5.74) is 2.98. The van der Waals surface area contributed by atoms with Crippen LogP contribution in [0, 0.1) is 0 Å². The van der Waals surface area contributed by atoms with Gasteiger partial charge in [-0.25, -0.2) is 0 Å². The van der Waals surface area contributed by atoms with Gasteiger partial charge < -0.3 is 18.9 Å². The zero-order valence-corrected chi connectivity index (χ0v) is 15.7. The zero-order chi connectivity index (χ0) is 21.2. The Hall–Kier alpha value is -2.40. The van der Waals surface area contributed by atoms with Gasteiger partial charge in [-0.1, -0.05) is 6.07 Å². The molecule has 1 aliphatic rings. The molecule has 5 nitrogen and oxygen atoms in total. The molecule has 0 aliphatic carbocycles. The molecule has 0 amide bonds. The average Bonchev–Trinajstić information content (AvgIpc) is 2.71. The number of ether oxygens (including phenoxy) is 4. The Morgan fingerprint density at radius 1 is 0.923 bits per heavy atom. The number of benzene rings is 2. The first-order valence-electron chi connectivity index (χ1n) is 10.0. The van der Waals surface area contributed by atoms with Crippen molar-refractivity contribution in [3.63, 3.8) is 0 Å². The van der Waals surface area contributed by atoms with E-state index in [4.69, 9.17) is 23.1 Å². The van der Waals surface area contributed by atoms with Crippen molar-refractivity contribution in [3.8, 4) is 23.0 Å². The molecule has 0 radical (unpaired) electrons. The molecule has 2 aromatic carbocycles. The quantitative estimate of drug-likeness (QED) is 0.789. The van der Waals surface area contributed by atoms with E-state index in [2.05, 4.69) is 0 Å². The lowest BCUT2D eigenvalue weighted by Gasteiger charge is -2.35. The number of hydrogen-bond acceptors (Lipinski definition) is 5. The lowest BCUT2D eigenvalue weighted by atomic mass is 9.88. The highest BCUT2D eigenvalue weighted by atomic mass is 16.5. The van der Waals surface area contributed by atoms with Crippen LogP contribution in [0.5, 0.6) is 23.0 Å². The van der Waals surface area contributed by atoms with E-state index in [-0.39, 0.29) is 6.04 Å². The van der Waals surface area contributed by atoms with E-state index in [1.54, 1.807) is 33.3 Å². The van der Waals surface area contributed by atoms with Gasteiger partial charge in [0.15, 0.2) is 23.0 Å². The third kappa shape index (κ3) is 3.44. The molecule has 3 rings (SSSR count). The second kappa shape index (κ2) is 7.87. The Labute approximate surface area is 159 Å². The van der Waals surface area contributed by atoms with Crippen LogP contribution in [0.25, 0.3) is 0 Å². The summed E-state index contributed by atoms with van der Waals surface area (Å²) in [4.78, 5) is 1.58. The molecule has 0 fully saturated rings. The molecule has 140 valence electrons. The molecule has 0 bridgehead atoms. The Morgan fingerprint density at radius 3 is 2.23 bits per heavy atom. The fraction of sp³-hybridized carbons (Fsp3) is 0.429. The number of rotatable bonds is 6. The van der Waals surface area contributed by atoms with Gasteiger partial charge in [0.1, 0.15) is 0 Å². The van der Waals surface area contributed by atoms with Gasteiger partial charge >= 0.3 is 0 Å². The molecular formula is C21H27NO4. The van der Waals surface area contributed by atoms with Gasteiger partial charge in [-0.15, -0.1) is 0 Å². The van der Waals surface area contributed by atoms with Gasteiger partial charge in [0.05, 0.1) is 28.4 Å². The van der Waals surface area contributed by atoms with Crippen LogP contribution in [-0.4, -0.2) is 46.9 Å². The minimum atomic E-state index is -2.20. The Bertz CT molecular complexity index is 870. The molecule has 0 saturated carbocycles. The maximum absolute atomic E-state index is 8.04. The Balaban J connectivity index is 2.06. The van der Waals surface area contributed by atoms with Gasteiger partial charge in [0, 0.05) is 16.7 Å².